The molecule has 0 aliphatic rings. The van der Waals surface area contributed by atoms with Crippen molar-refractivity contribution in [2.45, 2.75) is 78.2 Å². The van der Waals surface area contributed by atoms with Crippen LogP contribution in [0.4, 0.5) is 0 Å². The van der Waals surface area contributed by atoms with Gasteiger partial charge in [0, 0.05) is 31.0 Å². The smallest absolute Gasteiger partial charge is 0.302 e. The SMILES string of the molecule is CC(=O)OC[C@@](C)(/C=C/CCCCN(C)C(=S)C(NC(=O)C(C)N)C(C)OCc1ccccc1)Cc1cccc(Cl)c1. The highest BCUT2D eigenvalue weighted by atomic mass is 35.5. The molecule has 42 heavy (non-hydrogen) atoms. The monoisotopic (exact) mass is 615 g/mol. The lowest BCUT2D eigenvalue weighted by atomic mass is 9.83. The Hall–Kier alpha value is -2.78. The highest BCUT2D eigenvalue weighted by molar-refractivity contribution is 7.80. The van der Waals surface area contributed by atoms with Crippen LogP contribution in [0.1, 0.15) is 58.1 Å². The molecule has 0 saturated heterocycles. The fourth-order valence-corrected chi connectivity index (χ4v) is 4.98. The second-order valence-corrected chi connectivity index (χ2v) is 12.0. The number of nitrogens with zero attached hydrogens (tertiary/aromatic N) is 1. The molecule has 1 amide bonds. The van der Waals surface area contributed by atoms with E-state index in [-0.39, 0.29) is 23.4 Å². The summed E-state index contributed by atoms with van der Waals surface area (Å²) in [5.41, 5.74) is 7.60. The van der Waals surface area contributed by atoms with E-state index >= 15 is 0 Å². The standard InChI is InChI=1S/C33H46ClN3O4S/c1-24(35)31(39)36-30(25(2)40-22-27-14-9-8-10-15-27)32(42)37(5)19-12-7-6-11-18-33(4,23-41-26(3)38)21-28-16-13-17-29(34)20-28/h8-11,13-18,20,24-25,30H,6-7,12,19,21-23,35H2,1-5H3,(H,36,39)/b18-11+/t24?,25?,30?,33-/m0/s1. The van der Waals surface area contributed by atoms with Gasteiger partial charge in [-0.25, -0.2) is 0 Å². The van der Waals surface area contributed by atoms with Crippen LogP contribution in [0.3, 0.4) is 0 Å². The number of rotatable bonds is 17. The number of hydrogen-bond acceptors (Lipinski definition) is 6. The van der Waals surface area contributed by atoms with Gasteiger partial charge in [0.1, 0.15) is 17.6 Å². The summed E-state index contributed by atoms with van der Waals surface area (Å²) in [7, 11) is 1.94. The second kappa shape index (κ2) is 18.0. The van der Waals surface area contributed by atoms with Gasteiger partial charge in [-0.2, -0.15) is 0 Å². The summed E-state index contributed by atoms with van der Waals surface area (Å²) in [6.45, 7) is 8.51. The predicted molar refractivity (Wildman–Crippen MR) is 174 cm³/mol. The van der Waals surface area contributed by atoms with E-state index in [4.69, 9.17) is 39.0 Å². The van der Waals surface area contributed by atoms with Crippen molar-refractivity contribution in [3.63, 3.8) is 0 Å². The van der Waals surface area contributed by atoms with Gasteiger partial charge in [0.15, 0.2) is 0 Å². The third-order valence-corrected chi connectivity index (χ3v) is 7.72. The highest BCUT2D eigenvalue weighted by Gasteiger charge is 2.28. The largest absolute Gasteiger partial charge is 0.465 e. The van der Waals surface area contributed by atoms with Gasteiger partial charge in [-0.1, -0.05) is 85.4 Å². The minimum absolute atomic E-state index is 0.273. The van der Waals surface area contributed by atoms with Crippen LogP contribution in [0.15, 0.2) is 66.7 Å². The van der Waals surface area contributed by atoms with Crippen molar-refractivity contribution in [2.75, 3.05) is 20.2 Å². The van der Waals surface area contributed by atoms with E-state index in [9.17, 15) is 9.59 Å². The van der Waals surface area contributed by atoms with Crippen LogP contribution >= 0.6 is 23.8 Å². The van der Waals surface area contributed by atoms with E-state index in [0.717, 1.165) is 36.9 Å². The normalized spacial score (nSPS) is 14.9. The Morgan fingerprint density at radius 3 is 2.45 bits per heavy atom. The van der Waals surface area contributed by atoms with Crippen LogP contribution in [-0.2, 0) is 32.1 Å². The number of unbranched alkanes of at least 4 members (excludes halogenated alkanes) is 2. The number of nitrogens with two attached hydrogens (primary N) is 1. The third-order valence-electron chi connectivity index (χ3n) is 6.92. The van der Waals surface area contributed by atoms with Crippen molar-refractivity contribution in [2.24, 2.45) is 11.1 Å². The first-order valence-corrected chi connectivity index (χ1v) is 15.2. The molecule has 3 N–H and O–H groups in total. The molecule has 0 bridgehead atoms. The zero-order valence-electron chi connectivity index (χ0n) is 25.5. The molecular weight excluding hydrogens is 570 g/mol. The fourth-order valence-electron chi connectivity index (χ4n) is 4.43. The van der Waals surface area contributed by atoms with Gasteiger partial charge in [0.05, 0.1) is 18.8 Å². The zero-order chi connectivity index (χ0) is 31.1. The average Bonchev–Trinajstić information content (AvgIpc) is 2.95. The maximum atomic E-state index is 12.5. The molecule has 7 nitrogen and oxygen atoms in total. The minimum atomic E-state index is -0.654. The molecule has 0 fully saturated rings. The molecule has 4 atom stereocenters. The Labute approximate surface area is 261 Å². The number of carbonyl (C=O) groups excluding carboxylic acids is 2. The Bertz CT molecular complexity index is 1180. The number of thiocarbonyl (C=S) groups is 1. The number of halogens is 1. The van der Waals surface area contributed by atoms with Crippen LogP contribution in [0.25, 0.3) is 0 Å². The summed E-state index contributed by atoms with van der Waals surface area (Å²) >= 11 is 12.0. The van der Waals surface area contributed by atoms with E-state index in [1.54, 1.807) is 6.92 Å². The number of hydrogen-bond donors (Lipinski definition) is 2. The van der Waals surface area contributed by atoms with Gasteiger partial charge in [-0.15, -0.1) is 0 Å². The van der Waals surface area contributed by atoms with Gasteiger partial charge in [-0.05, 0) is 62.8 Å². The summed E-state index contributed by atoms with van der Waals surface area (Å²) in [4.78, 5) is 26.6. The number of esters is 1. The van der Waals surface area contributed by atoms with Gasteiger partial charge in [-0.3, -0.25) is 9.59 Å². The molecule has 2 aromatic carbocycles. The highest BCUT2D eigenvalue weighted by Crippen LogP contribution is 2.27. The maximum absolute atomic E-state index is 12.5. The zero-order valence-corrected chi connectivity index (χ0v) is 27.0. The number of amides is 1. The van der Waals surface area contributed by atoms with Crippen LogP contribution in [0.5, 0.6) is 0 Å². The number of allylic oxidation sites excluding steroid dienone is 1. The minimum Gasteiger partial charge on any atom is -0.465 e. The van der Waals surface area contributed by atoms with Crippen LogP contribution in [0.2, 0.25) is 5.02 Å². The van der Waals surface area contributed by atoms with Crippen LogP contribution in [0, 0.1) is 5.41 Å². The van der Waals surface area contributed by atoms with E-state index in [1.807, 2.05) is 73.5 Å². The van der Waals surface area contributed by atoms with Crippen molar-refractivity contribution in [3.8, 4) is 0 Å². The summed E-state index contributed by atoms with van der Waals surface area (Å²) in [6.07, 6.45) is 7.36. The van der Waals surface area contributed by atoms with Crippen molar-refractivity contribution in [1.82, 2.24) is 10.2 Å². The van der Waals surface area contributed by atoms with Gasteiger partial charge < -0.3 is 25.4 Å². The van der Waals surface area contributed by atoms with E-state index < -0.39 is 12.1 Å². The van der Waals surface area contributed by atoms with Gasteiger partial charge in [0.25, 0.3) is 0 Å². The van der Waals surface area contributed by atoms with Crippen LogP contribution < -0.4 is 11.1 Å². The van der Waals surface area contributed by atoms with Crippen molar-refractivity contribution in [1.29, 1.82) is 0 Å². The predicted octanol–water partition coefficient (Wildman–Crippen LogP) is 5.87. The summed E-state index contributed by atoms with van der Waals surface area (Å²) in [5, 5.41) is 3.66. The number of benzene rings is 2. The summed E-state index contributed by atoms with van der Waals surface area (Å²) < 4.78 is 11.5. The molecule has 2 rings (SSSR count). The number of carbonyl (C=O) groups is 2. The Morgan fingerprint density at radius 2 is 1.81 bits per heavy atom. The van der Waals surface area contributed by atoms with E-state index in [0.29, 0.717) is 29.6 Å². The quantitative estimate of drug-likeness (QED) is 0.0994. The molecule has 0 aromatic heterocycles. The lowest BCUT2D eigenvalue weighted by Gasteiger charge is -2.32. The van der Waals surface area contributed by atoms with Gasteiger partial charge in [0.2, 0.25) is 5.91 Å². The van der Waals surface area contributed by atoms with Gasteiger partial charge >= 0.3 is 5.97 Å². The Kier molecular flexibility index (Phi) is 15.2. The Morgan fingerprint density at radius 1 is 1.12 bits per heavy atom. The molecule has 0 spiro atoms. The molecule has 9 heteroatoms. The van der Waals surface area contributed by atoms with Crippen LogP contribution in [-0.4, -0.2) is 60.2 Å². The van der Waals surface area contributed by atoms with Crippen molar-refractivity contribution < 1.29 is 19.1 Å². The Balaban J connectivity index is 1.93. The topological polar surface area (TPSA) is 93.9 Å². The lowest BCUT2D eigenvalue weighted by molar-refractivity contribution is -0.143. The molecule has 0 heterocycles. The number of likely N-dealkylation sites (N-methyl/N-ethyl adjacent to an activating group) is 1. The maximum Gasteiger partial charge on any atom is 0.302 e. The third kappa shape index (κ3) is 13.0. The lowest BCUT2D eigenvalue weighted by Crippen LogP contribution is -2.55. The van der Waals surface area contributed by atoms with Crippen molar-refractivity contribution >= 4 is 40.7 Å². The molecular formula is C33H46ClN3O4S. The second-order valence-electron chi connectivity index (χ2n) is 11.2. The fraction of sp³-hybridized carbons (Fsp3) is 0.485. The molecule has 3 unspecified atom stereocenters. The average molecular weight is 616 g/mol. The molecule has 0 radical (unpaired) electrons. The summed E-state index contributed by atoms with van der Waals surface area (Å²) in [6, 6.07) is 16.5. The molecule has 0 aliphatic carbocycles. The first-order chi connectivity index (χ1) is 19.9. The molecule has 230 valence electrons. The number of ether oxygens (including phenoxy) is 2. The first-order valence-electron chi connectivity index (χ1n) is 14.4. The summed E-state index contributed by atoms with van der Waals surface area (Å²) in [5.74, 6) is -0.569. The van der Waals surface area contributed by atoms with Crippen molar-refractivity contribution in [3.05, 3.63) is 82.9 Å². The molecule has 0 saturated carbocycles. The first kappa shape index (κ1) is 35.4. The molecule has 2 aromatic rings. The van der Waals surface area contributed by atoms with E-state index in [2.05, 4.69) is 24.4 Å². The molecule has 0 aliphatic heterocycles. The number of nitrogens with one attached hydrogen (secondary N) is 1. The van der Waals surface area contributed by atoms with E-state index in [1.165, 1.54) is 6.92 Å².